The van der Waals surface area contributed by atoms with Crippen LogP contribution in [0.1, 0.15) is 50.9 Å². The summed E-state index contributed by atoms with van der Waals surface area (Å²) in [6, 6.07) is 1.27. The van der Waals surface area contributed by atoms with Crippen LogP contribution in [0.2, 0.25) is 0 Å². The van der Waals surface area contributed by atoms with Gasteiger partial charge in [-0.3, -0.25) is 28.9 Å². The summed E-state index contributed by atoms with van der Waals surface area (Å²) in [5.41, 5.74) is 8.68. The fraction of sp³-hybridized carbons (Fsp3) is 0.522. The predicted molar refractivity (Wildman–Crippen MR) is 135 cm³/mol. The van der Waals surface area contributed by atoms with Gasteiger partial charge >= 0.3 is 63.3 Å². The number of nitrogens with one attached hydrogen (secondary N) is 4. The summed E-state index contributed by atoms with van der Waals surface area (Å²) in [6.07, 6.45) is 1.26. The molecular weight excluding hydrogens is 553 g/mol. The average Bonchev–Trinajstić information content (AvgIpc) is 3.56. The van der Waals surface area contributed by atoms with Crippen LogP contribution in [0, 0.1) is 5.92 Å². The zero-order chi connectivity index (χ0) is 28.9. The van der Waals surface area contributed by atoms with Crippen molar-refractivity contribution in [3.63, 3.8) is 0 Å². The molecule has 2 aromatic rings. The Bertz CT molecular complexity index is 1150. The van der Waals surface area contributed by atoms with Gasteiger partial charge in [-0.25, -0.2) is 4.98 Å². The third kappa shape index (κ3) is 11.7. The van der Waals surface area contributed by atoms with Crippen LogP contribution in [-0.2, 0) is 36.9 Å². The standard InChI is InChI=1S/C15H17N8O4.C8H15NO3.K/c16-9(3-4-12(24)25)15(27)23-10(6-8-2-1-5-17-13(8)23)14(26)18-7-11-19-21-22-20-11;1-6(2)5-9-7(10)3-4-8(11)12;/h1-2,5,9-10,16H,3-4,6-7H2,(H,18,26)(H,24,25)(H,19,20,21,22);6H,3-5H2,1-2H3,(H,9,10)(H,11,12);/q-1;;+1. The topological polar surface area (TPSA) is 244 Å². The third-order valence-electron chi connectivity index (χ3n) is 5.39. The number of aliphatic carboxylic acids is 2. The molecule has 0 saturated carbocycles. The number of H-pyrrole nitrogens is 1. The van der Waals surface area contributed by atoms with E-state index in [0.29, 0.717) is 23.8 Å². The summed E-state index contributed by atoms with van der Waals surface area (Å²) in [4.78, 5) is 62.4. The first-order valence-electron chi connectivity index (χ1n) is 12.2. The van der Waals surface area contributed by atoms with Crippen molar-refractivity contribution in [2.45, 2.75) is 64.6 Å². The number of carboxylic acids is 2. The van der Waals surface area contributed by atoms with E-state index < -0.39 is 35.8 Å². The van der Waals surface area contributed by atoms with Crippen molar-refractivity contribution < 1.29 is 85.6 Å². The van der Waals surface area contributed by atoms with E-state index in [1.165, 1.54) is 11.1 Å². The van der Waals surface area contributed by atoms with Crippen LogP contribution in [0.3, 0.4) is 0 Å². The quantitative estimate of drug-likeness (QED) is 0.158. The van der Waals surface area contributed by atoms with Crippen molar-refractivity contribution in [3.05, 3.63) is 35.5 Å². The first-order valence-corrected chi connectivity index (χ1v) is 12.2. The number of aromatic amines is 1. The Balaban J connectivity index is 0.000000525. The second-order valence-electron chi connectivity index (χ2n) is 9.04. The molecule has 16 nitrogen and oxygen atoms in total. The van der Waals surface area contributed by atoms with E-state index >= 15 is 0 Å². The van der Waals surface area contributed by atoms with Gasteiger partial charge in [-0.2, -0.15) is 5.21 Å². The van der Waals surface area contributed by atoms with Crippen LogP contribution in [0.25, 0.3) is 5.73 Å². The number of amides is 3. The van der Waals surface area contributed by atoms with Crippen molar-refractivity contribution >= 4 is 35.5 Å². The molecule has 3 amide bonds. The maximum absolute atomic E-state index is 12.8. The molecule has 2 aromatic heterocycles. The van der Waals surface area contributed by atoms with Crippen molar-refractivity contribution in [3.8, 4) is 0 Å². The molecule has 40 heavy (non-hydrogen) atoms. The maximum Gasteiger partial charge on any atom is 1.00 e. The Morgan fingerprint density at radius 1 is 1.12 bits per heavy atom. The first kappa shape index (κ1) is 35.2. The van der Waals surface area contributed by atoms with Gasteiger partial charge in [-0.1, -0.05) is 37.6 Å². The molecule has 0 aromatic carbocycles. The molecule has 3 heterocycles. The number of tetrazole rings is 1. The van der Waals surface area contributed by atoms with Crippen LogP contribution >= 0.6 is 0 Å². The Hall–Kier alpha value is -2.83. The molecule has 17 heteroatoms. The minimum Gasteiger partial charge on any atom is -0.667 e. The summed E-state index contributed by atoms with van der Waals surface area (Å²) >= 11 is 0. The summed E-state index contributed by atoms with van der Waals surface area (Å²) in [5, 5.41) is 35.4. The zero-order valence-electron chi connectivity index (χ0n) is 22.6. The maximum atomic E-state index is 12.8. The van der Waals surface area contributed by atoms with E-state index in [9.17, 15) is 24.0 Å². The van der Waals surface area contributed by atoms with Crippen molar-refractivity contribution in [2.75, 3.05) is 11.4 Å². The van der Waals surface area contributed by atoms with Crippen LogP contribution in [0.15, 0.2) is 18.3 Å². The minimum absolute atomic E-state index is 0. The number of rotatable bonds is 12. The van der Waals surface area contributed by atoms with Gasteiger partial charge in [-0.05, 0) is 17.5 Å². The fourth-order valence-corrected chi connectivity index (χ4v) is 3.45. The number of carboxylic acid groups (broad SMARTS) is 2. The molecule has 0 aliphatic carbocycles. The second-order valence-corrected chi connectivity index (χ2v) is 9.04. The predicted octanol–water partition coefficient (Wildman–Crippen LogP) is -2.92. The number of hydrogen-bond acceptors (Lipinski definition) is 9. The molecular formula is C23H32KN9O7. The number of anilines is 1. The number of nitrogens with zero attached hydrogens (tertiary/aromatic N) is 5. The summed E-state index contributed by atoms with van der Waals surface area (Å²) in [6.45, 7) is 4.61. The van der Waals surface area contributed by atoms with Gasteiger partial charge < -0.3 is 26.6 Å². The van der Waals surface area contributed by atoms with E-state index in [0.717, 1.165) is 0 Å². The Morgan fingerprint density at radius 3 is 2.42 bits per heavy atom. The fourth-order valence-electron chi connectivity index (χ4n) is 3.45. The van der Waals surface area contributed by atoms with Gasteiger partial charge in [0.05, 0.1) is 13.0 Å². The van der Waals surface area contributed by atoms with E-state index in [2.05, 4.69) is 36.2 Å². The normalized spacial score (nSPS) is 14.2. The van der Waals surface area contributed by atoms with Gasteiger partial charge in [0, 0.05) is 32.0 Å². The van der Waals surface area contributed by atoms with Crippen LogP contribution in [0.5, 0.6) is 0 Å². The molecule has 0 spiro atoms. The number of aromatic nitrogens is 5. The van der Waals surface area contributed by atoms with Crippen LogP contribution in [0.4, 0.5) is 5.82 Å². The molecule has 0 fully saturated rings. The molecule has 0 bridgehead atoms. The van der Waals surface area contributed by atoms with Crippen LogP contribution in [-0.4, -0.2) is 84.1 Å². The molecule has 3 rings (SSSR count). The molecule has 212 valence electrons. The van der Waals surface area contributed by atoms with Crippen LogP contribution < -0.4 is 66.9 Å². The molecule has 0 saturated heterocycles. The summed E-state index contributed by atoms with van der Waals surface area (Å²) < 4.78 is 0. The molecule has 1 aliphatic rings. The number of pyridine rings is 1. The van der Waals surface area contributed by atoms with Crippen molar-refractivity contribution in [2.24, 2.45) is 5.92 Å². The van der Waals surface area contributed by atoms with Gasteiger partial charge in [0.15, 0.2) is 5.82 Å². The van der Waals surface area contributed by atoms with Crippen molar-refractivity contribution in [1.29, 1.82) is 0 Å². The largest absolute Gasteiger partial charge is 1.00 e. The van der Waals surface area contributed by atoms with Gasteiger partial charge in [-0.15, -0.1) is 10.2 Å². The smallest absolute Gasteiger partial charge is 0.667 e. The minimum atomic E-state index is -1.30. The first-order chi connectivity index (χ1) is 18.5. The SMILES string of the molecule is CC(C)CNC(=O)CCC(=O)O.[K+].[NH-]C(CCC(=O)O)C(=O)N1c2ncccc2CC1C(=O)NCc1nn[nH]n1. The number of carbonyl (C=O) groups is 5. The molecule has 2 unspecified atom stereocenters. The van der Waals surface area contributed by atoms with E-state index in [1.54, 1.807) is 12.1 Å². The van der Waals surface area contributed by atoms with E-state index in [4.69, 9.17) is 15.9 Å². The Labute approximate surface area is 272 Å². The molecule has 2 atom stereocenters. The second kappa shape index (κ2) is 17.8. The summed E-state index contributed by atoms with van der Waals surface area (Å²) in [7, 11) is 0. The zero-order valence-corrected chi connectivity index (χ0v) is 25.7. The molecule has 6 N–H and O–H groups in total. The van der Waals surface area contributed by atoms with Crippen molar-refractivity contribution in [1.82, 2.24) is 36.2 Å². The molecule has 1 aliphatic heterocycles. The van der Waals surface area contributed by atoms with Gasteiger partial charge in [0.1, 0.15) is 11.9 Å². The molecule has 0 radical (unpaired) electrons. The van der Waals surface area contributed by atoms with Gasteiger partial charge in [0.2, 0.25) is 17.7 Å². The monoisotopic (exact) mass is 585 g/mol. The Kier molecular flexibility index (Phi) is 15.6. The van der Waals surface area contributed by atoms with E-state index in [1.807, 2.05) is 13.8 Å². The number of hydrogen-bond donors (Lipinski definition) is 5. The van der Waals surface area contributed by atoms with E-state index in [-0.39, 0.29) is 102 Å². The average molecular weight is 586 g/mol. The number of fused-ring (bicyclic) bond motifs is 1. The Morgan fingerprint density at radius 2 is 1.82 bits per heavy atom. The third-order valence-corrected chi connectivity index (χ3v) is 5.39. The number of carbonyl (C=O) groups excluding carboxylic acids is 3. The van der Waals surface area contributed by atoms with Gasteiger partial charge in [0.25, 0.3) is 0 Å². The summed E-state index contributed by atoms with van der Waals surface area (Å²) in [5.74, 6) is -2.32.